The second kappa shape index (κ2) is 11.5. The van der Waals surface area contributed by atoms with Gasteiger partial charge in [0.2, 0.25) is 5.91 Å². The zero-order valence-corrected chi connectivity index (χ0v) is 24.0. The molecule has 2 aliphatic heterocycles. The number of aryl methyl sites for hydroxylation is 2. The van der Waals surface area contributed by atoms with Crippen LogP contribution in [0.5, 0.6) is 5.75 Å². The lowest BCUT2D eigenvalue weighted by Gasteiger charge is -2.40. The monoisotopic (exact) mass is 525 g/mol. The van der Waals surface area contributed by atoms with Crippen molar-refractivity contribution in [3.8, 4) is 5.75 Å². The van der Waals surface area contributed by atoms with Gasteiger partial charge in [0.1, 0.15) is 11.4 Å². The molecule has 0 aliphatic carbocycles. The molecule has 1 amide bonds. The predicted molar refractivity (Wildman–Crippen MR) is 158 cm³/mol. The molecule has 2 aliphatic rings. The van der Waals surface area contributed by atoms with Crippen molar-refractivity contribution < 1.29 is 9.53 Å². The minimum absolute atomic E-state index is 0.159. The standard InChI is InChI=1S/C34H43N3O2/c1-24-22-25(2)31-32(26(24)3)39-34(4,33(31)35)23-36-18-20-37(21-19-36)30(38)17-11-16-29(27-12-7-5-8-13-27)28-14-9-6-10-15-28/h5-10,12-15,22,29,33H,11,16-21,23,35H2,1-4H3. The number of carbonyl (C=O) groups excluding carboxylic acids is 1. The summed E-state index contributed by atoms with van der Waals surface area (Å²) < 4.78 is 6.58. The summed E-state index contributed by atoms with van der Waals surface area (Å²) >= 11 is 0. The molecule has 3 aromatic rings. The SMILES string of the molecule is Cc1cc(C)c2c(c1C)OC(C)(CN1CCN(C(=O)CCCC(c3ccccc3)c3ccccc3)CC1)C2N. The number of ether oxygens (including phenoxy) is 1. The number of nitrogens with zero attached hydrogens (tertiary/aromatic N) is 2. The van der Waals surface area contributed by atoms with Gasteiger partial charge in [-0.25, -0.2) is 0 Å². The molecule has 0 aromatic heterocycles. The van der Waals surface area contributed by atoms with Crippen molar-refractivity contribution in [2.24, 2.45) is 5.73 Å². The van der Waals surface area contributed by atoms with Crippen molar-refractivity contribution in [3.05, 3.63) is 100 Å². The van der Waals surface area contributed by atoms with Gasteiger partial charge >= 0.3 is 0 Å². The van der Waals surface area contributed by atoms with Crippen LogP contribution in [0.25, 0.3) is 0 Å². The summed E-state index contributed by atoms with van der Waals surface area (Å²) in [4.78, 5) is 17.6. The molecule has 2 heterocycles. The molecule has 3 aromatic carbocycles. The molecule has 39 heavy (non-hydrogen) atoms. The molecular formula is C34H43N3O2. The lowest BCUT2D eigenvalue weighted by molar-refractivity contribution is -0.133. The molecule has 0 saturated carbocycles. The van der Waals surface area contributed by atoms with E-state index in [1.807, 2.05) is 4.90 Å². The first-order valence-corrected chi connectivity index (χ1v) is 14.4. The van der Waals surface area contributed by atoms with Gasteiger partial charge in [-0.15, -0.1) is 0 Å². The molecule has 206 valence electrons. The van der Waals surface area contributed by atoms with Crippen molar-refractivity contribution in [1.29, 1.82) is 0 Å². The summed E-state index contributed by atoms with van der Waals surface area (Å²) in [6, 6.07) is 23.4. The Morgan fingerprint density at radius 2 is 1.54 bits per heavy atom. The second-order valence-electron chi connectivity index (χ2n) is 11.7. The fraction of sp³-hybridized carbons (Fsp3) is 0.441. The molecule has 5 nitrogen and oxygen atoms in total. The smallest absolute Gasteiger partial charge is 0.222 e. The third-order valence-corrected chi connectivity index (χ3v) is 8.89. The van der Waals surface area contributed by atoms with Gasteiger partial charge in [0, 0.05) is 50.6 Å². The van der Waals surface area contributed by atoms with Gasteiger partial charge in [0.15, 0.2) is 0 Å². The molecule has 1 saturated heterocycles. The molecule has 1 fully saturated rings. The van der Waals surface area contributed by atoms with Gasteiger partial charge in [0.25, 0.3) is 0 Å². The maximum absolute atomic E-state index is 13.1. The minimum Gasteiger partial charge on any atom is -0.484 e. The second-order valence-corrected chi connectivity index (χ2v) is 11.7. The van der Waals surface area contributed by atoms with Crippen LogP contribution in [0.15, 0.2) is 66.7 Å². The summed E-state index contributed by atoms with van der Waals surface area (Å²) in [6.45, 7) is 12.5. The average Bonchev–Trinajstić information content (AvgIpc) is 3.21. The fourth-order valence-electron chi connectivity index (χ4n) is 6.43. The summed E-state index contributed by atoms with van der Waals surface area (Å²) in [6.07, 6.45) is 2.44. The van der Waals surface area contributed by atoms with Crippen molar-refractivity contribution in [1.82, 2.24) is 9.80 Å². The lowest BCUT2D eigenvalue weighted by Crippen LogP contribution is -2.55. The lowest BCUT2D eigenvalue weighted by atomic mass is 9.87. The Kier molecular flexibility index (Phi) is 8.11. The molecule has 0 spiro atoms. The zero-order valence-electron chi connectivity index (χ0n) is 24.0. The van der Waals surface area contributed by atoms with E-state index in [9.17, 15) is 4.79 Å². The first kappa shape index (κ1) is 27.4. The van der Waals surface area contributed by atoms with Gasteiger partial charge in [-0.05, 0) is 68.4 Å². The highest BCUT2D eigenvalue weighted by molar-refractivity contribution is 5.76. The first-order valence-electron chi connectivity index (χ1n) is 14.4. The van der Waals surface area contributed by atoms with Crippen LogP contribution in [0, 0.1) is 20.8 Å². The summed E-state index contributed by atoms with van der Waals surface area (Å²) in [5.74, 6) is 1.55. The van der Waals surface area contributed by atoms with Crippen LogP contribution in [0.3, 0.4) is 0 Å². The molecule has 0 bridgehead atoms. The van der Waals surface area contributed by atoms with E-state index in [0.717, 1.165) is 56.9 Å². The van der Waals surface area contributed by atoms with Crippen molar-refractivity contribution in [3.63, 3.8) is 0 Å². The minimum atomic E-state index is -0.471. The van der Waals surface area contributed by atoms with Crippen LogP contribution >= 0.6 is 0 Å². The number of piperazine rings is 1. The third-order valence-electron chi connectivity index (χ3n) is 8.89. The average molecular weight is 526 g/mol. The topological polar surface area (TPSA) is 58.8 Å². The maximum Gasteiger partial charge on any atom is 0.222 e. The first-order chi connectivity index (χ1) is 18.8. The zero-order chi connectivity index (χ0) is 27.6. The van der Waals surface area contributed by atoms with Gasteiger partial charge in [-0.1, -0.05) is 66.7 Å². The van der Waals surface area contributed by atoms with E-state index in [1.165, 1.54) is 27.8 Å². The number of hydrogen-bond donors (Lipinski definition) is 1. The summed E-state index contributed by atoms with van der Waals surface area (Å²) in [5, 5.41) is 0. The molecule has 5 heteroatoms. The van der Waals surface area contributed by atoms with Gasteiger partial charge in [0.05, 0.1) is 6.04 Å². The summed E-state index contributed by atoms with van der Waals surface area (Å²) in [7, 11) is 0. The number of rotatable bonds is 8. The van der Waals surface area contributed by atoms with E-state index in [-0.39, 0.29) is 11.9 Å². The molecular weight excluding hydrogens is 482 g/mol. The van der Waals surface area contributed by atoms with Crippen molar-refractivity contribution >= 4 is 5.91 Å². The van der Waals surface area contributed by atoms with Crippen LogP contribution in [-0.2, 0) is 4.79 Å². The van der Waals surface area contributed by atoms with Crippen LogP contribution in [0.1, 0.15) is 71.5 Å². The summed E-state index contributed by atoms with van der Waals surface area (Å²) in [5.41, 5.74) is 13.7. The van der Waals surface area contributed by atoms with Crippen LogP contribution in [0.4, 0.5) is 0 Å². The van der Waals surface area contributed by atoms with E-state index in [0.29, 0.717) is 12.3 Å². The Hall–Kier alpha value is -3.15. The number of benzene rings is 3. The number of carbonyl (C=O) groups is 1. The molecule has 0 radical (unpaired) electrons. The Bertz CT molecular complexity index is 1250. The number of fused-ring (bicyclic) bond motifs is 1. The van der Waals surface area contributed by atoms with E-state index in [4.69, 9.17) is 10.5 Å². The maximum atomic E-state index is 13.1. The highest BCUT2D eigenvalue weighted by Crippen LogP contribution is 2.46. The van der Waals surface area contributed by atoms with Crippen LogP contribution in [0.2, 0.25) is 0 Å². The number of amides is 1. The Morgan fingerprint density at radius 1 is 0.949 bits per heavy atom. The van der Waals surface area contributed by atoms with Gasteiger partial charge in [-0.3, -0.25) is 9.69 Å². The highest BCUT2D eigenvalue weighted by Gasteiger charge is 2.46. The predicted octanol–water partition coefficient (Wildman–Crippen LogP) is 5.91. The Balaban J connectivity index is 1.13. The van der Waals surface area contributed by atoms with Crippen LogP contribution in [-0.4, -0.2) is 54.0 Å². The quantitative estimate of drug-likeness (QED) is 0.397. The Labute approximate surface area is 234 Å². The van der Waals surface area contributed by atoms with Crippen molar-refractivity contribution in [2.45, 2.75) is 64.5 Å². The number of hydrogen-bond acceptors (Lipinski definition) is 4. The van der Waals surface area contributed by atoms with E-state index >= 15 is 0 Å². The van der Waals surface area contributed by atoms with Gasteiger partial charge < -0.3 is 15.4 Å². The van der Waals surface area contributed by atoms with E-state index in [1.54, 1.807) is 0 Å². The fourth-order valence-corrected chi connectivity index (χ4v) is 6.43. The van der Waals surface area contributed by atoms with E-state index < -0.39 is 5.60 Å². The van der Waals surface area contributed by atoms with Crippen LogP contribution < -0.4 is 10.5 Å². The Morgan fingerprint density at radius 3 is 2.13 bits per heavy atom. The third kappa shape index (κ3) is 5.75. The highest BCUT2D eigenvalue weighted by atomic mass is 16.5. The van der Waals surface area contributed by atoms with E-state index in [2.05, 4.69) is 99.3 Å². The normalized spacial score (nSPS) is 21.2. The van der Waals surface area contributed by atoms with Gasteiger partial charge in [-0.2, -0.15) is 0 Å². The van der Waals surface area contributed by atoms with Crippen molar-refractivity contribution in [2.75, 3.05) is 32.7 Å². The molecule has 2 N–H and O–H groups in total. The molecule has 2 atom stereocenters. The number of nitrogens with two attached hydrogens (primary N) is 1. The molecule has 2 unspecified atom stereocenters. The largest absolute Gasteiger partial charge is 0.484 e. The molecule has 5 rings (SSSR count).